The molecular weight excluding hydrogens is 396 g/mol. The average molecular weight is 425 g/mol. The number of sulfonamides is 1. The van der Waals surface area contributed by atoms with Gasteiger partial charge in [0.15, 0.2) is 6.61 Å². The van der Waals surface area contributed by atoms with Crippen LogP contribution < -0.4 is 14.8 Å². The molecule has 1 amide bonds. The van der Waals surface area contributed by atoms with Crippen molar-refractivity contribution in [3.05, 3.63) is 29.8 Å². The molecule has 0 unspecified atom stereocenters. The Labute approximate surface area is 171 Å². The summed E-state index contributed by atoms with van der Waals surface area (Å²) in [6.07, 6.45) is 6.61. The van der Waals surface area contributed by atoms with Crippen molar-refractivity contribution >= 4 is 28.0 Å². The van der Waals surface area contributed by atoms with E-state index < -0.39 is 16.0 Å². The third kappa shape index (κ3) is 6.86. The monoisotopic (exact) mass is 424 g/mol. The Bertz CT molecular complexity index is 858. The number of rotatable bonds is 8. The summed E-state index contributed by atoms with van der Waals surface area (Å²) in [7, 11) is -1.05. The Morgan fingerprint density at radius 3 is 2.52 bits per heavy atom. The number of carbonyl (C=O) groups excluding carboxylic acids is 2. The molecule has 0 atom stereocenters. The number of ether oxygens (including phenoxy) is 2. The summed E-state index contributed by atoms with van der Waals surface area (Å²) in [6.45, 7) is 1.85. The molecule has 0 saturated heterocycles. The highest BCUT2D eigenvalue weighted by atomic mass is 32.2. The number of methoxy groups -OCH3 is 1. The van der Waals surface area contributed by atoms with Crippen LogP contribution in [0.5, 0.6) is 5.75 Å². The van der Waals surface area contributed by atoms with Crippen LogP contribution in [0.1, 0.15) is 38.2 Å². The van der Waals surface area contributed by atoms with E-state index >= 15 is 0 Å². The van der Waals surface area contributed by atoms with Gasteiger partial charge in [-0.2, -0.15) is 0 Å². The summed E-state index contributed by atoms with van der Waals surface area (Å²) < 4.78 is 36.4. The molecule has 2 N–H and O–H groups in total. The van der Waals surface area contributed by atoms with Crippen molar-refractivity contribution in [2.24, 2.45) is 5.92 Å². The first-order valence-electron chi connectivity index (χ1n) is 9.51. The van der Waals surface area contributed by atoms with Gasteiger partial charge in [0.2, 0.25) is 10.0 Å². The first-order chi connectivity index (χ1) is 13.7. The fourth-order valence-electron chi connectivity index (χ4n) is 3.14. The van der Waals surface area contributed by atoms with Crippen LogP contribution in [0.25, 0.3) is 6.08 Å². The smallest absolute Gasteiger partial charge is 0.331 e. The molecule has 1 aliphatic rings. The molecule has 0 spiro atoms. The van der Waals surface area contributed by atoms with E-state index in [4.69, 9.17) is 9.47 Å². The molecule has 1 aromatic carbocycles. The molecule has 8 nitrogen and oxygen atoms in total. The second kappa shape index (κ2) is 10.4. The molecule has 2 rings (SSSR count). The highest BCUT2D eigenvalue weighted by Gasteiger charge is 2.20. The first kappa shape index (κ1) is 22.9. The Morgan fingerprint density at radius 1 is 1.21 bits per heavy atom. The molecule has 0 bridgehead atoms. The molecule has 160 valence electrons. The van der Waals surface area contributed by atoms with E-state index in [1.807, 2.05) is 0 Å². The third-order valence-corrected chi connectivity index (χ3v) is 6.32. The van der Waals surface area contributed by atoms with Crippen LogP contribution in [0, 0.1) is 5.92 Å². The van der Waals surface area contributed by atoms with Gasteiger partial charge in [0.1, 0.15) is 10.6 Å². The SMILES string of the molecule is CNS(=O)(=O)c1cc(/C=C/C(=O)OCC(=O)NC2CCC(C)CC2)ccc1OC. The van der Waals surface area contributed by atoms with Crippen LogP contribution >= 0.6 is 0 Å². The van der Waals surface area contributed by atoms with Gasteiger partial charge in [0.25, 0.3) is 5.91 Å². The fraction of sp³-hybridized carbons (Fsp3) is 0.500. The zero-order valence-corrected chi connectivity index (χ0v) is 17.8. The van der Waals surface area contributed by atoms with E-state index in [1.54, 1.807) is 6.07 Å². The number of nitrogens with one attached hydrogen (secondary N) is 2. The minimum Gasteiger partial charge on any atom is -0.495 e. The van der Waals surface area contributed by atoms with Gasteiger partial charge in [-0.25, -0.2) is 17.9 Å². The maximum Gasteiger partial charge on any atom is 0.331 e. The van der Waals surface area contributed by atoms with E-state index in [0.29, 0.717) is 11.5 Å². The number of esters is 1. The summed E-state index contributed by atoms with van der Waals surface area (Å²) in [4.78, 5) is 23.8. The lowest BCUT2D eigenvalue weighted by molar-refractivity contribution is -0.144. The molecular formula is C20H28N2O6S. The fourth-order valence-corrected chi connectivity index (χ4v) is 4.07. The van der Waals surface area contributed by atoms with Crippen molar-refractivity contribution in [2.45, 2.75) is 43.5 Å². The van der Waals surface area contributed by atoms with E-state index in [1.165, 1.54) is 32.4 Å². The molecule has 29 heavy (non-hydrogen) atoms. The second-order valence-electron chi connectivity index (χ2n) is 7.08. The highest BCUT2D eigenvalue weighted by molar-refractivity contribution is 7.89. The predicted octanol–water partition coefficient (Wildman–Crippen LogP) is 1.85. The highest BCUT2D eigenvalue weighted by Crippen LogP contribution is 2.25. The lowest BCUT2D eigenvalue weighted by atomic mass is 9.87. The molecule has 0 aromatic heterocycles. The first-order valence-corrected chi connectivity index (χ1v) is 11.0. The van der Waals surface area contributed by atoms with Gasteiger partial charge in [-0.05, 0) is 62.4 Å². The van der Waals surface area contributed by atoms with Crippen LogP contribution in [-0.4, -0.2) is 47.1 Å². The molecule has 1 aliphatic carbocycles. The van der Waals surface area contributed by atoms with Crippen molar-refractivity contribution in [1.29, 1.82) is 0 Å². The van der Waals surface area contributed by atoms with Crippen LogP contribution in [0.3, 0.4) is 0 Å². The maximum absolute atomic E-state index is 12.1. The van der Waals surface area contributed by atoms with Crippen LogP contribution in [0.15, 0.2) is 29.2 Å². The lowest BCUT2D eigenvalue weighted by Gasteiger charge is -2.26. The summed E-state index contributed by atoms with van der Waals surface area (Å²) in [6, 6.07) is 4.62. The molecule has 9 heteroatoms. The number of amides is 1. The average Bonchev–Trinajstić information content (AvgIpc) is 2.72. The second-order valence-corrected chi connectivity index (χ2v) is 8.94. The lowest BCUT2D eigenvalue weighted by Crippen LogP contribution is -2.39. The number of carbonyl (C=O) groups is 2. The van der Waals surface area contributed by atoms with Gasteiger partial charge in [-0.1, -0.05) is 13.0 Å². The topological polar surface area (TPSA) is 111 Å². The van der Waals surface area contributed by atoms with Crippen LogP contribution in [-0.2, 0) is 24.3 Å². The minimum atomic E-state index is -3.72. The zero-order chi connectivity index (χ0) is 21.4. The molecule has 1 saturated carbocycles. The number of benzene rings is 1. The maximum atomic E-state index is 12.1. The molecule has 0 radical (unpaired) electrons. The molecule has 1 fully saturated rings. The van der Waals surface area contributed by atoms with E-state index in [9.17, 15) is 18.0 Å². The normalized spacial score (nSPS) is 19.7. The molecule has 1 aromatic rings. The minimum absolute atomic E-state index is 0.0424. The summed E-state index contributed by atoms with van der Waals surface area (Å²) >= 11 is 0. The third-order valence-electron chi connectivity index (χ3n) is 4.88. The predicted molar refractivity (Wildman–Crippen MR) is 109 cm³/mol. The number of hydrogen-bond acceptors (Lipinski definition) is 6. The van der Waals surface area contributed by atoms with E-state index in [-0.39, 0.29) is 29.2 Å². The van der Waals surface area contributed by atoms with Crippen molar-refractivity contribution in [3.8, 4) is 5.75 Å². The molecule has 0 heterocycles. The van der Waals surface area contributed by atoms with Gasteiger partial charge in [-0.15, -0.1) is 0 Å². The van der Waals surface area contributed by atoms with Crippen molar-refractivity contribution in [3.63, 3.8) is 0 Å². The van der Waals surface area contributed by atoms with Crippen molar-refractivity contribution in [2.75, 3.05) is 20.8 Å². The standard InChI is InChI=1S/C20H28N2O6S/c1-14-4-8-16(9-5-14)22-19(23)13-28-20(24)11-7-15-6-10-17(27-3)18(12-15)29(25,26)21-2/h6-7,10-12,14,16,21H,4-5,8-9,13H2,1-3H3,(H,22,23)/b11-7+. The quantitative estimate of drug-likeness (QED) is 0.487. The Kier molecular flexibility index (Phi) is 8.21. The summed E-state index contributed by atoms with van der Waals surface area (Å²) in [5, 5.41) is 2.88. The van der Waals surface area contributed by atoms with E-state index in [0.717, 1.165) is 31.8 Å². The van der Waals surface area contributed by atoms with Crippen molar-refractivity contribution in [1.82, 2.24) is 10.0 Å². The van der Waals surface area contributed by atoms with Gasteiger partial charge in [0, 0.05) is 12.1 Å². The number of hydrogen-bond donors (Lipinski definition) is 2. The summed E-state index contributed by atoms with van der Waals surface area (Å²) in [5.74, 6) is -0.134. The zero-order valence-electron chi connectivity index (χ0n) is 16.9. The Morgan fingerprint density at radius 2 is 1.90 bits per heavy atom. The summed E-state index contributed by atoms with van der Waals surface area (Å²) in [5.41, 5.74) is 0.470. The van der Waals surface area contributed by atoms with Gasteiger partial charge < -0.3 is 14.8 Å². The van der Waals surface area contributed by atoms with Gasteiger partial charge in [-0.3, -0.25) is 4.79 Å². The van der Waals surface area contributed by atoms with Gasteiger partial charge in [0.05, 0.1) is 7.11 Å². The van der Waals surface area contributed by atoms with Crippen LogP contribution in [0.2, 0.25) is 0 Å². The van der Waals surface area contributed by atoms with Gasteiger partial charge >= 0.3 is 5.97 Å². The molecule has 0 aliphatic heterocycles. The van der Waals surface area contributed by atoms with E-state index in [2.05, 4.69) is 17.0 Å². The Hall–Kier alpha value is -2.39. The Balaban J connectivity index is 1.90. The van der Waals surface area contributed by atoms with Crippen LogP contribution in [0.4, 0.5) is 0 Å². The largest absolute Gasteiger partial charge is 0.495 e. The van der Waals surface area contributed by atoms with Crippen molar-refractivity contribution < 1.29 is 27.5 Å².